The van der Waals surface area contributed by atoms with Crippen LogP contribution in [0.25, 0.3) is 0 Å². The average molecular weight is 373 g/mol. The number of hydrogen-bond donors (Lipinski definition) is 1. The second-order valence-corrected chi connectivity index (χ2v) is 8.08. The largest absolute Gasteiger partial charge is 0.504 e. The van der Waals surface area contributed by atoms with Gasteiger partial charge in [-0.3, -0.25) is 4.90 Å². The second kappa shape index (κ2) is 7.87. The summed E-state index contributed by atoms with van der Waals surface area (Å²) in [6, 6.07) is 10.7. The average Bonchev–Trinajstić information content (AvgIpc) is 3.06. The zero-order valence-corrected chi connectivity index (χ0v) is 16.5. The molecule has 2 aromatic rings. The Balaban J connectivity index is 1.64. The van der Waals surface area contributed by atoms with E-state index in [1.54, 1.807) is 12.1 Å². The molecule has 1 heterocycles. The summed E-state index contributed by atoms with van der Waals surface area (Å²) in [4.78, 5) is 12.7. The summed E-state index contributed by atoms with van der Waals surface area (Å²) in [6.45, 7) is 9.51. The first kappa shape index (κ1) is 19.6. The molecule has 0 fully saturated rings. The molecule has 2 aromatic carbocycles. The first-order valence-corrected chi connectivity index (χ1v) is 9.43. The molecule has 0 bridgehead atoms. The van der Waals surface area contributed by atoms with Gasteiger partial charge in [-0.25, -0.2) is 4.39 Å². The Bertz CT molecular complexity index is 804. The van der Waals surface area contributed by atoms with Gasteiger partial charge in [0.2, 0.25) is 5.75 Å². The van der Waals surface area contributed by atoms with E-state index in [2.05, 4.69) is 18.7 Å². The van der Waals surface area contributed by atoms with Crippen LogP contribution in [0.15, 0.2) is 36.4 Å². The fraction of sp³-hybridized carbons (Fsp3) is 0.455. The molecule has 0 saturated heterocycles. The lowest BCUT2D eigenvalue weighted by Gasteiger charge is -2.35. The summed E-state index contributed by atoms with van der Waals surface area (Å²) < 4.78 is 14.0. The predicted molar refractivity (Wildman–Crippen MR) is 103 cm³/mol. The molecule has 1 aliphatic rings. The summed E-state index contributed by atoms with van der Waals surface area (Å²) in [7, 11) is 0. The van der Waals surface area contributed by atoms with Crippen molar-refractivity contribution in [3.63, 3.8) is 0 Å². The van der Waals surface area contributed by atoms with E-state index in [4.69, 9.17) is 9.78 Å². The van der Waals surface area contributed by atoms with Gasteiger partial charge in [0.05, 0.1) is 6.10 Å². The molecule has 0 amide bonds. The summed E-state index contributed by atoms with van der Waals surface area (Å²) in [6.07, 6.45) is 1.63. The first-order valence-electron chi connectivity index (χ1n) is 9.43. The lowest BCUT2D eigenvalue weighted by Crippen LogP contribution is -2.40. The van der Waals surface area contributed by atoms with Crippen molar-refractivity contribution in [1.29, 1.82) is 0 Å². The Hall–Kier alpha value is -2.11. The van der Waals surface area contributed by atoms with Gasteiger partial charge in [0.1, 0.15) is 5.82 Å². The van der Waals surface area contributed by atoms with Crippen molar-refractivity contribution in [1.82, 2.24) is 4.90 Å². The number of hydrogen-bond acceptors (Lipinski definition) is 4. The van der Waals surface area contributed by atoms with E-state index in [0.29, 0.717) is 12.3 Å². The molecule has 1 aliphatic heterocycles. The highest BCUT2D eigenvalue weighted by Gasteiger charge is 2.32. The molecular weight excluding hydrogens is 345 g/mol. The Morgan fingerprint density at radius 2 is 1.96 bits per heavy atom. The number of phenols is 1. The van der Waals surface area contributed by atoms with Crippen LogP contribution in [0.1, 0.15) is 50.8 Å². The lowest BCUT2D eigenvalue weighted by molar-refractivity contribution is -0.235. The quantitative estimate of drug-likeness (QED) is 0.549. The third-order valence-corrected chi connectivity index (χ3v) is 5.16. The molecule has 3 rings (SSSR count). The summed E-state index contributed by atoms with van der Waals surface area (Å²) >= 11 is 0. The van der Waals surface area contributed by atoms with Gasteiger partial charge in [0, 0.05) is 24.2 Å². The van der Waals surface area contributed by atoms with Crippen LogP contribution in [0.2, 0.25) is 0 Å². The highest BCUT2D eigenvalue weighted by atomic mass is 19.1. The minimum absolute atomic E-state index is 0.0594. The highest BCUT2D eigenvalue weighted by molar-refractivity contribution is 5.41. The topological polar surface area (TPSA) is 41.9 Å². The van der Waals surface area contributed by atoms with Gasteiger partial charge < -0.3 is 9.99 Å². The maximum atomic E-state index is 14.0. The number of fused-ring (bicyclic) bond motifs is 1. The SMILES string of the molecule is CC(C)OOc1cc(CCC(C)(C)N2Cc3cccc(F)c3C2)ccc1O. The molecular formula is C22H28FNO3. The molecule has 0 radical (unpaired) electrons. The fourth-order valence-corrected chi connectivity index (χ4v) is 3.35. The summed E-state index contributed by atoms with van der Waals surface area (Å²) in [5, 5.41) is 9.93. The van der Waals surface area contributed by atoms with E-state index >= 15 is 0 Å². The van der Waals surface area contributed by atoms with E-state index in [1.807, 2.05) is 32.0 Å². The van der Waals surface area contributed by atoms with Crippen molar-refractivity contribution in [3.8, 4) is 11.5 Å². The maximum absolute atomic E-state index is 14.0. The number of rotatable bonds is 7. The van der Waals surface area contributed by atoms with Crippen LogP contribution in [0.3, 0.4) is 0 Å². The number of nitrogens with zero attached hydrogens (tertiary/aromatic N) is 1. The number of phenolic OH excluding ortho intramolecular Hbond substituents is 1. The molecule has 27 heavy (non-hydrogen) atoms. The Kier molecular flexibility index (Phi) is 5.72. The Labute approximate surface area is 160 Å². The first-order chi connectivity index (χ1) is 12.8. The van der Waals surface area contributed by atoms with E-state index in [-0.39, 0.29) is 23.2 Å². The molecule has 5 heteroatoms. The number of aryl methyl sites for hydroxylation is 1. The van der Waals surface area contributed by atoms with Crippen LogP contribution in [0.4, 0.5) is 4.39 Å². The van der Waals surface area contributed by atoms with Gasteiger partial charge in [-0.15, -0.1) is 0 Å². The van der Waals surface area contributed by atoms with Gasteiger partial charge in [0.25, 0.3) is 0 Å². The maximum Gasteiger partial charge on any atom is 0.207 e. The van der Waals surface area contributed by atoms with Gasteiger partial charge in [0.15, 0.2) is 5.75 Å². The zero-order chi connectivity index (χ0) is 19.6. The fourth-order valence-electron chi connectivity index (χ4n) is 3.35. The van der Waals surface area contributed by atoms with Crippen LogP contribution < -0.4 is 4.89 Å². The van der Waals surface area contributed by atoms with Crippen molar-refractivity contribution >= 4 is 0 Å². The van der Waals surface area contributed by atoms with Crippen LogP contribution in [-0.2, 0) is 24.4 Å². The smallest absolute Gasteiger partial charge is 0.207 e. The van der Waals surface area contributed by atoms with E-state index < -0.39 is 0 Å². The highest BCUT2D eigenvalue weighted by Crippen LogP contribution is 2.34. The molecule has 0 aliphatic carbocycles. The van der Waals surface area contributed by atoms with Crippen molar-refractivity contribution in [3.05, 3.63) is 58.9 Å². The second-order valence-electron chi connectivity index (χ2n) is 8.08. The van der Waals surface area contributed by atoms with E-state index in [1.165, 1.54) is 6.07 Å². The Morgan fingerprint density at radius 1 is 1.19 bits per heavy atom. The molecule has 0 spiro atoms. The van der Waals surface area contributed by atoms with E-state index in [9.17, 15) is 9.50 Å². The van der Waals surface area contributed by atoms with Gasteiger partial charge >= 0.3 is 0 Å². The summed E-state index contributed by atoms with van der Waals surface area (Å²) in [5.41, 5.74) is 2.87. The molecule has 146 valence electrons. The molecule has 0 aromatic heterocycles. The standard InChI is InChI=1S/C22H28FNO3/c1-15(2)26-27-21-12-16(8-9-20(21)25)10-11-22(3,4)24-13-17-6-5-7-19(23)18(17)14-24/h5-9,12,15,25H,10-11,13-14H2,1-4H3. The van der Waals surface area contributed by atoms with Crippen LogP contribution in [0.5, 0.6) is 11.5 Å². The van der Waals surface area contributed by atoms with Crippen LogP contribution >= 0.6 is 0 Å². The number of halogens is 1. The normalized spacial score (nSPS) is 14.6. The predicted octanol–water partition coefficient (Wildman–Crippen LogP) is 4.98. The van der Waals surface area contributed by atoms with Crippen LogP contribution in [-0.4, -0.2) is 21.6 Å². The molecule has 1 N–H and O–H groups in total. The molecule has 0 atom stereocenters. The van der Waals surface area contributed by atoms with Crippen molar-refractivity contribution in [2.45, 2.75) is 65.3 Å². The minimum atomic E-state index is -0.115. The number of aromatic hydroxyl groups is 1. The third-order valence-electron chi connectivity index (χ3n) is 5.16. The van der Waals surface area contributed by atoms with Crippen molar-refractivity contribution in [2.24, 2.45) is 0 Å². The zero-order valence-electron chi connectivity index (χ0n) is 16.5. The van der Waals surface area contributed by atoms with Gasteiger partial charge in [-0.2, -0.15) is 4.89 Å². The van der Waals surface area contributed by atoms with Crippen LogP contribution in [0, 0.1) is 5.82 Å². The monoisotopic (exact) mass is 373 g/mol. The van der Waals surface area contributed by atoms with Crippen molar-refractivity contribution in [2.75, 3.05) is 0 Å². The van der Waals surface area contributed by atoms with E-state index in [0.717, 1.165) is 36.1 Å². The lowest BCUT2D eigenvalue weighted by atomic mass is 9.93. The third kappa shape index (κ3) is 4.60. The summed E-state index contributed by atoms with van der Waals surface area (Å²) in [5.74, 6) is 0.273. The molecule has 0 unspecified atom stereocenters. The van der Waals surface area contributed by atoms with Crippen molar-refractivity contribution < 1.29 is 19.3 Å². The molecule has 0 saturated carbocycles. The Morgan fingerprint density at radius 3 is 2.67 bits per heavy atom. The molecule has 4 nitrogen and oxygen atoms in total. The van der Waals surface area contributed by atoms with Gasteiger partial charge in [-0.1, -0.05) is 18.2 Å². The van der Waals surface area contributed by atoms with Gasteiger partial charge in [-0.05, 0) is 69.9 Å². The number of benzene rings is 2. The minimum Gasteiger partial charge on any atom is -0.504 e.